The normalized spacial score (nSPS) is 10.9. The van der Waals surface area contributed by atoms with E-state index in [2.05, 4.69) is 9.97 Å². The van der Waals surface area contributed by atoms with Crippen LogP contribution in [0.2, 0.25) is 0 Å². The Morgan fingerprint density at radius 2 is 1.96 bits per heavy atom. The van der Waals surface area contributed by atoms with Gasteiger partial charge in [-0.25, -0.2) is 4.39 Å². The second kappa shape index (κ2) is 6.94. The van der Waals surface area contributed by atoms with E-state index in [0.29, 0.717) is 22.3 Å². The van der Waals surface area contributed by atoms with Crippen LogP contribution < -0.4 is 0 Å². The summed E-state index contributed by atoms with van der Waals surface area (Å²) < 4.78 is 14.2. The third kappa shape index (κ3) is 3.37. The van der Waals surface area contributed by atoms with E-state index >= 15 is 0 Å². The Kier molecular flexibility index (Phi) is 4.73. The van der Waals surface area contributed by atoms with Crippen molar-refractivity contribution in [1.29, 1.82) is 0 Å². The molecule has 0 aliphatic rings. The lowest BCUT2D eigenvalue weighted by Crippen LogP contribution is -2.33. The number of fused-ring (bicyclic) bond motifs is 1. The molecule has 1 amide bonds. The monoisotopic (exact) mass is 345 g/mol. The Hall–Kier alpha value is -2.51. The average molecular weight is 345 g/mol. The molecule has 0 fully saturated rings. The molecule has 3 aromatic rings. The van der Waals surface area contributed by atoms with Gasteiger partial charge in [0.1, 0.15) is 5.82 Å². The molecule has 0 spiro atoms. The molecule has 0 aliphatic heterocycles. The SMILES string of the molecule is O=C(c1cc(F)cc2[nH]c(=S)[nH]c12)N(CCO)Cc1ccccc1. The Bertz CT molecular complexity index is 920. The summed E-state index contributed by atoms with van der Waals surface area (Å²) in [6.45, 7) is 0.292. The highest BCUT2D eigenvalue weighted by atomic mass is 32.1. The number of benzene rings is 2. The Labute approximate surface area is 142 Å². The van der Waals surface area contributed by atoms with Crippen molar-refractivity contribution in [3.8, 4) is 0 Å². The molecule has 0 radical (unpaired) electrons. The summed E-state index contributed by atoms with van der Waals surface area (Å²) in [6, 6.07) is 11.9. The van der Waals surface area contributed by atoms with Gasteiger partial charge in [0.15, 0.2) is 4.77 Å². The number of halogens is 1. The molecule has 1 aromatic heterocycles. The van der Waals surface area contributed by atoms with E-state index in [9.17, 15) is 14.3 Å². The number of aromatic amines is 2. The fourth-order valence-electron chi connectivity index (χ4n) is 2.62. The average Bonchev–Trinajstić information content (AvgIpc) is 2.94. The number of hydrogen-bond acceptors (Lipinski definition) is 3. The molecule has 124 valence electrons. The Balaban J connectivity index is 2.00. The molecule has 24 heavy (non-hydrogen) atoms. The summed E-state index contributed by atoms with van der Waals surface area (Å²) >= 11 is 5.03. The fraction of sp³-hybridized carbons (Fsp3) is 0.176. The summed E-state index contributed by atoms with van der Waals surface area (Å²) in [6.07, 6.45) is 0. The number of aromatic nitrogens is 2. The molecule has 5 nitrogen and oxygen atoms in total. The van der Waals surface area contributed by atoms with Gasteiger partial charge in [-0.05, 0) is 29.9 Å². The number of nitrogens with zero attached hydrogens (tertiary/aromatic N) is 1. The zero-order valence-electron chi connectivity index (χ0n) is 12.8. The van der Waals surface area contributed by atoms with Crippen LogP contribution in [-0.4, -0.2) is 39.0 Å². The first-order valence-corrected chi connectivity index (χ1v) is 7.85. The molecule has 0 atom stereocenters. The molecule has 0 bridgehead atoms. The zero-order valence-corrected chi connectivity index (χ0v) is 13.6. The summed E-state index contributed by atoms with van der Waals surface area (Å²) in [5, 5.41) is 9.28. The standard InChI is InChI=1S/C17H16FN3O2S/c18-12-8-13(15-14(9-12)19-17(24)20-15)16(23)21(6-7-22)10-11-4-2-1-3-5-11/h1-5,8-9,22H,6-7,10H2,(H2,19,20,24). The van der Waals surface area contributed by atoms with Gasteiger partial charge in [-0.2, -0.15) is 0 Å². The van der Waals surface area contributed by atoms with E-state index in [-0.39, 0.29) is 24.6 Å². The molecule has 0 saturated carbocycles. The largest absolute Gasteiger partial charge is 0.395 e. The third-order valence-corrected chi connectivity index (χ3v) is 3.90. The van der Waals surface area contributed by atoms with Crippen LogP contribution in [0, 0.1) is 10.6 Å². The summed E-state index contributed by atoms with van der Waals surface area (Å²) in [4.78, 5) is 20.1. The first kappa shape index (κ1) is 16.4. The molecule has 1 heterocycles. The molecule has 0 unspecified atom stereocenters. The highest BCUT2D eigenvalue weighted by Gasteiger charge is 2.20. The highest BCUT2D eigenvalue weighted by Crippen LogP contribution is 2.20. The maximum Gasteiger partial charge on any atom is 0.256 e. The summed E-state index contributed by atoms with van der Waals surface area (Å²) in [7, 11) is 0. The van der Waals surface area contributed by atoms with Gasteiger partial charge in [-0.3, -0.25) is 4.79 Å². The van der Waals surface area contributed by atoms with Gasteiger partial charge in [0, 0.05) is 13.1 Å². The number of aliphatic hydroxyl groups excluding tert-OH is 1. The number of H-pyrrole nitrogens is 2. The number of carbonyl (C=O) groups is 1. The second-order valence-corrected chi connectivity index (χ2v) is 5.80. The molecule has 0 aliphatic carbocycles. The van der Waals surface area contributed by atoms with Gasteiger partial charge in [0.05, 0.1) is 23.2 Å². The fourth-order valence-corrected chi connectivity index (χ4v) is 2.84. The van der Waals surface area contributed by atoms with Crippen LogP contribution >= 0.6 is 12.2 Å². The third-order valence-electron chi connectivity index (χ3n) is 3.69. The van der Waals surface area contributed by atoms with Crippen molar-refractivity contribution in [1.82, 2.24) is 14.9 Å². The Morgan fingerprint density at radius 3 is 2.67 bits per heavy atom. The van der Waals surface area contributed by atoms with Gasteiger partial charge in [0.2, 0.25) is 0 Å². The van der Waals surface area contributed by atoms with E-state index in [0.717, 1.165) is 5.56 Å². The van der Waals surface area contributed by atoms with Crippen molar-refractivity contribution in [2.75, 3.05) is 13.2 Å². The number of carbonyl (C=O) groups excluding carboxylic acids is 1. The Morgan fingerprint density at radius 1 is 1.21 bits per heavy atom. The smallest absolute Gasteiger partial charge is 0.256 e. The minimum absolute atomic E-state index is 0.150. The zero-order chi connectivity index (χ0) is 17.1. The van der Waals surface area contributed by atoms with E-state index in [1.807, 2.05) is 30.3 Å². The first-order valence-electron chi connectivity index (χ1n) is 7.44. The summed E-state index contributed by atoms with van der Waals surface area (Å²) in [5.41, 5.74) is 2.00. The van der Waals surface area contributed by atoms with Gasteiger partial charge in [-0.1, -0.05) is 30.3 Å². The second-order valence-electron chi connectivity index (χ2n) is 5.39. The molecule has 7 heteroatoms. The van der Waals surface area contributed by atoms with Crippen LogP contribution in [-0.2, 0) is 6.54 Å². The molecule has 0 saturated heterocycles. The van der Waals surface area contributed by atoms with Crippen LogP contribution in [0.3, 0.4) is 0 Å². The highest BCUT2D eigenvalue weighted by molar-refractivity contribution is 7.71. The lowest BCUT2D eigenvalue weighted by atomic mass is 10.1. The molecule has 3 N–H and O–H groups in total. The van der Waals surface area contributed by atoms with Crippen molar-refractivity contribution in [3.63, 3.8) is 0 Å². The molecular weight excluding hydrogens is 329 g/mol. The van der Waals surface area contributed by atoms with E-state index in [1.165, 1.54) is 17.0 Å². The van der Waals surface area contributed by atoms with Crippen molar-refractivity contribution < 1.29 is 14.3 Å². The maximum absolute atomic E-state index is 13.9. The number of nitrogens with one attached hydrogen (secondary N) is 2. The van der Waals surface area contributed by atoms with Crippen molar-refractivity contribution in [3.05, 3.63) is 64.2 Å². The van der Waals surface area contributed by atoms with Crippen LogP contribution in [0.1, 0.15) is 15.9 Å². The lowest BCUT2D eigenvalue weighted by Gasteiger charge is -2.22. The van der Waals surface area contributed by atoms with Crippen LogP contribution in [0.5, 0.6) is 0 Å². The van der Waals surface area contributed by atoms with Gasteiger partial charge < -0.3 is 20.0 Å². The minimum Gasteiger partial charge on any atom is -0.395 e. The first-order chi connectivity index (χ1) is 11.6. The summed E-state index contributed by atoms with van der Waals surface area (Å²) in [5.74, 6) is -0.901. The number of amides is 1. The number of aliphatic hydroxyl groups is 1. The predicted octanol–water partition coefficient (Wildman–Crippen LogP) is 3.00. The van der Waals surface area contributed by atoms with Crippen molar-refractivity contribution >= 4 is 29.2 Å². The van der Waals surface area contributed by atoms with E-state index < -0.39 is 5.82 Å². The number of imidazole rings is 1. The topological polar surface area (TPSA) is 72.1 Å². The quantitative estimate of drug-likeness (QED) is 0.623. The van der Waals surface area contributed by atoms with Crippen LogP contribution in [0.25, 0.3) is 11.0 Å². The minimum atomic E-state index is -0.528. The van der Waals surface area contributed by atoms with Crippen LogP contribution in [0.15, 0.2) is 42.5 Å². The van der Waals surface area contributed by atoms with Crippen molar-refractivity contribution in [2.24, 2.45) is 0 Å². The van der Waals surface area contributed by atoms with Crippen molar-refractivity contribution in [2.45, 2.75) is 6.54 Å². The molecular formula is C17H16FN3O2S. The van der Waals surface area contributed by atoms with Gasteiger partial charge in [0.25, 0.3) is 5.91 Å². The van der Waals surface area contributed by atoms with Gasteiger partial charge >= 0.3 is 0 Å². The molecule has 3 rings (SSSR count). The van der Waals surface area contributed by atoms with E-state index in [4.69, 9.17) is 12.2 Å². The lowest BCUT2D eigenvalue weighted by molar-refractivity contribution is 0.0709. The number of hydrogen-bond donors (Lipinski definition) is 3. The molecule has 2 aromatic carbocycles. The van der Waals surface area contributed by atoms with Gasteiger partial charge in [-0.15, -0.1) is 0 Å². The predicted molar refractivity (Wildman–Crippen MR) is 91.7 cm³/mol. The number of rotatable bonds is 5. The maximum atomic E-state index is 13.9. The van der Waals surface area contributed by atoms with E-state index in [1.54, 1.807) is 0 Å². The van der Waals surface area contributed by atoms with Crippen LogP contribution in [0.4, 0.5) is 4.39 Å².